The van der Waals surface area contributed by atoms with Crippen molar-refractivity contribution in [2.75, 3.05) is 6.61 Å². The van der Waals surface area contributed by atoms with Crippen LogP contribution in [0.4, 0.5) is 0 Å². The van der Waals surface area contributed by atoms with Crippen LogP contribution in [0.3, 0.4) is 0 Å². The van der Waals surface area contributed by atoms with E-state index in [0.29, 0.717) is 13.0 Å². The zero-order chi connectivity index (χ0) is 10.7. The molecule has 15 heavy (non-hydrogen) atoms. The maximum Gasteiger partial charge on any atom is 0.188 e. The van der Waals surface area contributed by atoms with E-state index in [4.69, 9.17) is 10.1 Å². The van der Waals surface area contributed by atoms with Gasteiger partial charge >= 0.3 is 0 Å². The lowest BCUT2D eigenvalue weighted by atomic mass is 10.3. The highest BCUT2D eigenvalue weighted by atomic mass is 16.5. The van der Waals surface area contributed by atoms with Crippen molar-refractivity contribution in [3.8, 4) is 0 Å². The van der Waals surface area contributed by atoms with Crippen molar-refractivity contribution >= 4 is 16.9 Å². The molecule has 78 valence electrons. The Kier molecular flexibility index (Phi) is 2.67. The third kappa shape index (κ3) is 2.15. The van der Waals surface area contributed by atoms with Crippen LogP contribution < -0.4 is 0 Å². The van der Waals surface area contributed by atoms with E-state index in [1.807, 2.05) is 31.2 Å². The van der Waals surface area contributed by atoms with E-state index in [2.05, 4.69) is 9.97 Å². The van der Waals surface area contributed by atoms with Gasteiger partial charge in [0.1, 0.15) is 5.82 Å². The first-order valence-corrected chi connectivity index (χ1v) is 4.93. The Labute approximate surface area is 87.8 Å². The maximum absolute atomic E-state index is 7.52. The lowest BCUT2D eigenvalue weighted by Crippen LogP contribution is -2.07. The van der Waals surface area contributed by atoms with Gasteiger partial charge in [-0.3, -0.25) is 5.41 Å². The van der Waals surface area contributed by atoms with Gasteiger partial charge in [0.2, 0.25) is 0 Å². The first kappa shape index (κ1) is 9.71. The molecule has 0 fully saturated rings. The number of benzene rings is 1. The van der Waals surface area contributed by atoms with E-state index >= 15 is 0 Å². The molecular formula is C11H13N3O. The monoisotopic (exact) mass is 203 g/mol. The number of hydrogen-bond donors (Lipinski definition) is 2. The number of ether oxygens (including phenoxy) is 1. The summed E-state index contributed by atoms with van der Waals surface area (Å²) in [5.74, 6) is 1.02. The molecule has 0 atom stereocenters. The van der Waals surface area contributed by atoms with Crippen molar-refractivity contribution in [1.29, 1.82) is 5.41 Å². The molecule has 2 aromatic rings. The Bertz CT molecular complexity index is 442. The summed E-state index contributed by atoms with van der Waals surface area (Å²) in [6, 6.07) is 7.81. The molecule has 1 aromatic carbocycles. The maximum atomic E-state index is 7.52. The predicted octanol–water partition coefficient (Wildman–Crippen LogP) is 2.12. The molecule has 0 radical (unpaired) electrons. The average molecular weight is 203 g/mol. The SMILES string of the molecule is CCOC(=N)Cc1nc2ccccc2[nH]1. The van der Waals surface area contributed by atoms with E-state index in [-0.39, 0.29) is 5.90 Å². The van der Waals surface area contributed by atoms with Gasteiger partial charge in [0.05, 0.1) is 24.1 Å². The lowest BCUT2D eigenvalue weighted by molar-refractivity contribution is 0.316. The van der Waals surface area contributed by atoms with Gasteiger partial charge in [-0.1, -0.05) is 12.1 Å². The van der Waals surface area contributed by atoms with Gasteiger partial charge in [-0.25, -0.2) is 4.98 Å². The van der Waals surface area contributed by atoms with Crippen LogP contribution in [-0.4, -0.2) is 22.5 Å². The van der Waals surface area contributed by atoms with Crippen molar-refractivity contribution in [3.63, 3.8) is 0 Å². The molecule has 4 heteroatoms. The fraction of sp³-hybridized carbons (Fsp3) is 0.273. The van der Waals surface area contributed by atoms with Crippen molar-refractivity contribution in [3.05, 3.63) is 30.1 Å². The van der Waals surface area contributed by atoms with Gasteiger partial charge in [-0.05, 0) is 19.1 Å². The number of para-hydroxylation sites is 2. The first-order valence-electron chi connectivity index (χ1n) is 4.93. The summed E-state index contributed by atoms with van der Waals surface area (Å²) < 4.78 is 5.07. The first-order chi connectivity index (χ1) is 7.29. The fourth-order valence-electron chi connectivity index (χ4n) is 1.47. The van der Waals surface area contributed by atoms with E-state index in [1.165, 1.54) is 0 Å². The van der Waals surface area contributed by atoms with Crippen molar-refractivity contribution in [2.45, 2.75) is 13.3 Å². The number of nitrogens with zero attached hydrogens (tertiary/aromatic N) is 1. The average Bonchev–Trinajstić information content (AvgIpc) is 2.59. The minimum absolute atomic E-state index is 0.247. The Morgan fingerprint density at radius 2 is 2.27 bits per heavy atom. The van der Waals surface area contributed by atoms with Gasteiger partial charge in [0, 0.05) is 0 Å². The van der Waals surface area contributed by atoms with E-state index in [0.717, 1.165) is 16.9 Å². The summed E-state index contributed by atoms with van der Waals surface area (Å²) in [6.45, 7) is 2.40. The Hall–Kier alpha value is -1.84. The summed E-state index contributed by atoms with van der Waals surface area (Å²) in [5, 5.41) is 7.52. The summed E-state index contributed by atoms with van der Waals surface area (Å²) in [7, 11) is 0. The number of imidazole rings is 1. The van der Waals surface area contributed by atoms with Crippen LogP contribution in [-0.2, 0) is 11.2 Å². The quantitative estimate of drug-likeness (QED) is 0.593. The molecule has 4 nitrogen and oxygen atoms in total. The Balaban J connectivity index is 2.18. The van der Waals surface area contributed by atoms with Gasteiger partial charge in [0.25, 0.3) is 0 Å². The highest BCUT2D eigenvalue weighted by Gasteiger charge is 2.05. The van der Waals surface area contributed by atoms with Crippen LogP contribution in [0, 0.1) is 5.41 Å². The summed E-state index contributed by atoms with van der Waals surface area (Å²) in [6.07, 6.45) is 0.419. The van der Waals surface area contributed by atoms with Crippen LogP contribution in [0.15, 0.2) is 24.3 Å². The lowest BCUT2D eigenvalue weighted by Gasteiger charge is -2.01. The molecule has 1 aromatic heterocycles. The smallest absolute Gasteiger partial charge is 0.188 e. The highest BCUT2D eigenvalue weighted by Crippen LogP contribution is 2.10. The van der Waals surface area contributed by atoms with E-state index in [9.17, 15) is 0 Å². The summed E-state index contributed by atoms with van der Waals surface area (Å²) >= 11 is 0. The van der Waals surface area contributed by atoms with Crippen LogP contribution in [0.2, 0.25) is 0 Å². The van der Waals surface area contributed by atoms with Crippen LogP contribution in [0.25, 0.3) is 11.0 Å². The van der Waals surface area contributed by atoms with Crippen molar-refractivity contribution < 1.29 is 4.74 Å². The number of aromatic nitrogens is 2. The van der Waals surface area contributed by atoms with E-state index in [1.54, 1.807) is 0 Å². The summed E-state index contributed by atoms with van der Waals surface area (Å²) in [5.41, 5.74) is 1.92. The predicted molar refractivity (Wildman–Crippen MR) is 59.2 cm³/mol. The van der Waals surface area contributed by atoms with Gasteiger partial charge in [-0.15, -0.1) is 0 Å². The summed E-state index contributed by atoms with van der Waals surface area (Å²) in [4.78, 5) is 7.51. The standard InChI is InChI=1S/C11H13N3O/c1-2-15-10(12)7-11-13-8-5-3-4-6-9(8)14-11/h3-6,12H,2,7H2,1H3,(H,13,14). The third-order valence-electron chi connectivity index (χ3n) is 2.08. The number of fused-ring (bicyclic) bond motifs is 1. The molecule has 0 saturated carbocycles. The second-order valence-electron chi connectivity index (χ2n) is 3.23. The zero-order valence-electron chi connectivity index (χ0n) is 8.58. The largest absolute Gasteiger partial charge is 0.481 e. The third-order valence-corrected chi connectivity index (χ3v) is 2.08. The molecule has 0 amide bonds. The van der Waals surface area contributed by atoms with Crippen molar-refractivity contribution in [2.24, 2.45) is 0 Å². The number of nitrogens with one attached hydrogen (secondary N) is 2. The zero-order valence-corrected chi connectivity index (χ0v) is 8.58. The molecule has 2 rings (SSSR count). The molecule has 0 aliphatic heterocycles. The van der Waals surface area contributed by atoms with Gasteiger partial charge < -0.3 is 9.72 Å². The molecular weight excluding hydrogens is 190 g/mol. The minimum atomic E-state index is 0.247. The normalized spacial score (nSPS) is 10.5. The van der Waals surface area contributed by atoms with Gasteiger partial charge in [0.15, 0.2) is 5.90 Å². The molecule has 2 N–H and O–H groups in total. The number of hydrogen-bond acceptors (Lipinski definition) is 3. The molecule has 0 bridgehead atoms. The Morgan fingerprint density at radius 3 is 3.00 bits per heavy atom. The molecule has 0 spiro atoms. The minimum Gasteiger partial charge on any atom is -0.481 e. The Morgan fingerprint density at radius 1 is 1.47 bits per heavy atom. The van der Waals surface area contributed by atoms with Crippen molar-refractivity contribution in [1.82, 2.24) is 9.97 Å². The second-order valence-corrected chi connectivity index (χ2v) is 3.23. The topological polar surface area (TPSA) is 61.8 Å². The van der Waals surface area contributed by atoms with Crippen LogP contribution >= 0.6 is 0 Å². The van der Waals surface area contributed by atoms with Gasteiger partial charge in [-0.2, -0.15) is 0 Å². The number of H-pyrrole nitrogens is 1. The van der Waals surface area contributed by atoms with Crippen LogP contribution in [0.5, 0.6) is 0 Å². The molecule has 1 heterocycles. The number of aromatic amines is 1. The highest BCUT2D eigenvalue weighted by molar-refractivity contribution is 5.78. The van der Waals surface area contributed by atoms with Crippen LogP contribution in [0.1, 0.15) is 12.7 Å². The second kappa shape index (κ2) is 4.13. The molecule has 0 saturated heterocycles. The molecule has 0 unspecified atom stereocenters. The molecule has 0 aliphatic rings. The number of rotatable bonds is 3. The van der Waals surface area contributed by atoms with E-state index < -0.39 is 0 Å². The molecule has 0 aliphatic carbocycles. The fourth-order valence-corrected chi connectivity index (χ4v) is 1.47.